The fourth-order valence-electron chi connectivity index (χ4n) is 0.557. The Labute approximate surface area is 77.1 Å². The number of primary sulfonamides is 1. The molecule has 8 nitrogen and oxygen atoms in total. The molecular weight excluding hydrogens is 218 g/mol. The number of rotatable bonds is 2. The normalized spacial score (nSPS) is 11.2. The lowest BCUT2D eigenvalue weighted by Gasteiger charge is -1.97. The second-order valence-corrected chi connectivity index (χ2v) is 4.17. The molecule has 0 saturated heterocycles. The first-order chi connectivity index (χ1) is 5.91. The Morgan fingerprint density at radius 1 is 1.54 bits per heavy atom. The molecule has 1 aromatic rings. The van der Waals surface area contributed by atoms with Crippen molar-refractivity contribution >= 4 is 32.6 Å². The first-order valence-electron chi connectivity index (χ1n) is 2.83. The third kappa shape index (κ3) is 2.34. The maximum Gasteiger partial charge on any atom is 0.317 e. The number of sulfonamides is 1. The molecule has 0 spiro atoms. The number of carbonyl (C=O) groups is 1. The van der Waals surface area contributed by atoms with Gasteiger partial charge in [0.1, 0.15) is 0 Å². The lowest BCUT2D eigenvalue weighted by Crippen LogP contribution is -2.21. The number of urea groups is 1. The van der Waals surface area contributed by atoms with E-state index in [2.05, 4.69) is 9.59 Å². The van der Waals surface area contributed by atoms with Crippen LogP contribution in [0.5, 0.6) is 0 Å². The van der Waals surface area contributed by atoms with Gasteiger partial charge in [0.05, 0.1) is 0 Å². The van der Waals surface area contributed by atoms with Crippen LogP contribution in [-0.2, 0) is 10.0 Å². The maximum atomic E-state index is 10.8. The van der Waals surface area contributed by atoms with E-state index in [1.807, 2.05) is 5.32 Å². The van der Waals surface area contributed by atoms with Crippen LogP contribution < -0.4 is 16.2 Å². The lowest BCUT2D eigenvalue weighted by atomic mass is 10.8. The molecule has 0 saturated carbocycles. The van der Waals surface area contributed by atoms with Crippen molar-refractivity contribution in [3.05, 3.63) is 0 Å². The van der Waals surface area contributed by atoms with Crippen molar-refractivity contribution in [3.8, 4) is 0 Å². The number of hydrogen-bond donors (Lipinski definition) is 3. The van der Waals surface area contributed by atoms with Gasteiger partial charge in [0, 0.05) is 11.5 Å². The highest BCUT2D eigenvalue weighted by Gasteiger charge is 2.19. The van der Waals surface area contributed by atoms with Gasteiger partial charge in [-0.1, -0.05) is 4.49 Å². The summed E-state index contributed by atoms with van der Waals surface area (Å²) < 4.78 is 24.9. The summed E-state index contributed by atoms with van der Waals surface area (Å²) in [6.45, 7) is 0. The predicted octanol–water partition coefficient (Wildman–Crippen LogP) is -1.32. The third-order valence-electron chi connectivity index (χ3n) is 0.964. The predicted molar refractivity (Wildman–Crippen MR) is 44.5 cm³/mol. The van der Waals surface area contributed by atoms with Crippen molar-refractivity contribution in [1.82, 2.24) is 9.59 Å². The van der Waals surface area contributed by atoms with E-state index in [-0.39, 0.29) is 5.00 Å². The molecule has 0 aromatic carbocycles. The van der Waals surface area contributed by atoms with E-state index in [4.69, 9.17) is 10.9 Å². The fourth-order valence-corrected chi connectivity index (χ4v) is 2.00. The molecule has 5 N–H and O–H groups in total. The number of nitrogens with one attached hydrogen (secondary N) is 1. The lowest BCUT2D eigenvalue weighted by molar-refractivity contribution is 0.259. The molecule has 1 aromatic heterocycles. The summed E-state index contributed by atoms with van der Waals surface area (Å²) in [5.74, 6) is 0. The van der Waals surface area contributed by atoms with Crippen LogP contribution in [0, 0.1) is 0 Å². The maximum absolute atomic E-state index is 10.8. The van der Waals surface area contributed by atoms with E-state index in [0.717, 1.165) is 0 Å². The van der Waals surface area contributed by atoms with Crippen molar-refractivity contribution in [2.75, 3.05) is 5.32 Å². The van der Waals surface area contributed by atoms with E-state index in [1.54, 1.807) is 0 Å². The summed E-state index contributed by atoms with van der Waals surface area (Å²) in [5.41, 5.74) is 4.76. The van der Waals surface area contributed by atoms with Crippen molar-refractivity contribution in [2.24, 2.45) is 10.9 Å². The van der Waals surface area contributed by atoms with Crippen molar-refractivity contribution in [1.29, 1.82) is 0 Å². The van der Waals surface area contributed by atoms with Crippen molar-refractivity contribution < 1.29 is 13.2 Å². The van der Waals surface area contributed by atoms with Crippen LogP contribution in [-0.4, -0.2) is 24.0 Å². The van der Waals surface area contributed by atoms with Crippen LogP contribution in [0.25, 0.3) is 0 Å². The zero-order chi connectivity index (χ0) is 10.1. The third-order valence-corrected chi connectivity index (χ3v) is 2.56. The Bertz CT molecular complexity index is 422. The quantitative estimate of drug-likeness (QED) is 0.569. The first kappa shape index (κ1) is 9.83. The van der Waals surface area contributed by atoms with E-state index in [9.17, 15) is 13.2 Å². The number of anilines is 1. The largest absolute Gasteiger partial charge is 0.351 e. The van der Waals surface area contributed by atoms with Crippen LogP contribution in [0.1, 0.15) is 0 Å². The van der Waals surface area contributed by atoms with Gasteiger partial charge in [0.2, 0.25) is 5.03 Å². The monoisotopic (exact) mass is 223 g/mol. The summed E-state index contributed by atoms with van der Waals surface area (Å²) in [7, 11) is -3.97. The molecule has 1 rings (SSSR count). The van der Waals surface area contributed by atoms with Gasteiger partial charge in [0.15, 0.2) is 5.00 Å². The SMILES string of the molecule is NC(=O)Nc1snnc1S(N)(=O)=O. The highest BCUT2D eigenvalue weighted by molar-refractivity contribution is 7.89. The number of nitrogens with zero attached hydrogens (tertiary/aromatic N) is 2. The first-order valence-corrected chi connectivity index (χ1v) is 5.15. The minimum atomic E-state index is -3.97. The van der Waals surface area contributed by atoms with Gasteiger partial charge in [-0.3, -0.25) is 5.32 Å². The molecule has 10 heteroatoms. The topological polar surface area (TPSA) is 141 Å². The Morgan fingerprint density at radius 3 is 2.62 bits per heavy atom. The van der Waals surface area contributed by atoms with Gasteiger partial charge in [0.25, 0.3) is 10.0 Å². The average Bonchev–Trinajstić information content (AvgIpc) is 2.31. The van der Waals surface area contributed by atoms with E-state index >= 15 is 0 Å². The summed E-state index contributed by atoms with van der Waals surface area (Å²) in [6, 6.07) is -0.907. The van der Waals surface area contributed by atoms with Gasteiger partial charge in [-0.05, 0) is 0 Å². The summed E-state index contributed by atoms with van der Waals surface area (Å²) in [4.78, 5) is 10.4. The molecule has 13 heavy (non-hydrogen) atoms. The van der Waals surface area contributed by atoms with E-state index in [0.29, 0.717) is 11.5 Å². The number of amides is 2. The van der Waals surface area contributed by atoms with Crippen LogP contribution in [0.3, 0.4) is 0 Å². The van der Waals surface area contributed by atoms with Crippen LogP contribution in [0.4, 0.5) is 9.80 Å². The van der Waals surface area contributed by atoms with Gasteiger partial charge in [-0.2, -0.15) is 0 Å². The fraction of sp³-hybridized carbons (Fsp3) is 0. The molecule has 0 atom stereocenters. The van der Waals surface area contributed by atoms with Crippen molar-refractivity contribution in [2.45, 2.75) is 5.03 Å². The van der Waals surface area contributed by atoms with Crippen LogP contribution in [0.2, 0.25) is 0 Å². The molecule has 0 fully saturated rings. The van der Waals surface area contributed by atoms with Gasteiger partial charge in [-0.25, -0.2) is 18.4 Å². The minimum Gasteiger partial charge on any atom is -0.351 e. The molecule has 0 aliphatic heterocycles. The van der Waals surface area contributed by atoms with Crippen LogP contribution >= 0.6 is 11.5 Å². The highest BCUT2D eigenvalue weighted by atomic mass is 32.2. The summed E-state index contributed by atoms with van der Waals surface area (Å²) in [5, 5.41) is 9.44. The molecule has 0 bridgehead atoms. The molecule has 0 unspecified atom stereocenters. The van der Waals surface area contributed by atoms with Gasteiger partial charge >= 0.3 is 6.03 Å². The smallest absolute Gasteiger partial charge is 0.317 e. The Balaban J connectivity index is 3.11. The number of primary amides is 1. The highest BCUT2D eigenvalue weighted by Crippen LogP contribution is 2.20. The van der Waals surface area contributed by atoms with Gasteiger partial charge in [-0.15, -0.1) is 5.10 Å². The molecular formula is C3H5N5O3S2. The standard InChI is InChI=1S/C3H5N5O3S2/c4-3(9)6-1-2(7-8-12-1)13(5,10)11/h(H3,4,6,9)(H2,5,10,11). The second-order valence-electron chi connectivity index (χ2n) is 1.94. The van der Waals surface area contributed by atoms with E-state index in [1.165, 1.54) is 0 Å². The zero-order valence-corrected chi connectivity index (χ0v) is 7.72. The number of carbonyl (C=O) groups excluding carboxylic acids is 1. The number of hydrogen-bond acceptors (Lipinski definition) is 6. The Morgan fingerprint density at radius 2 is 2.15 bits per heavy atom. The minimum absolute atomic E-state index is 0.0880. The molecule has 0 radical (unpaired) electrons. The Hall–Kier alpha value is -1.26. The summed E-state index contributed by atoms with van der Waals surface area (Å²) in [6.07, 6.45) is 0. The van der Waals surface area contributed by atoms with E-state index < -0.39 is 21.1 Å². The number of nitrogens with two attached hydrogens (primary N) is 2. The van der Waals surface area contributed by atoms with Crippen molar-refractivity contribution in [3.63, 3.8) is 0 Å². The molecule has 0 aliphatic rings. The zero-order valence-electron chi connectivity index (χ0n) is 6.09. The Kier molecular flexibility index (Phi) is 2.45. The molecule has 72 valence electrons. The molecule has 1 heterocycles. The average molecular weight is 223 g/mol. The van der Waals surface area contributed by atoms with Crippen LogP contribution in [0.15, 0.2) is 5.03 Å². The van der Waals surface area contributed by atoms with Gasteiger partial charge < -0.3 is 5.73 Å². The number of aromatic nitrogens is 2. The molecule has 2 amide bonds. The second kappa shape index (κ2) is 3.24. The molecule has 0 aliphatic carbocycles. The summed E-state index contributed by atoms with van der Waals surface area (Å²) >= 11 is 0.673.